The predicted molar refractivity (Wildman–Crippen MR) is 31.8 cm³/mol. The summed E-state index contributed by atoms with van der Waals surface area (Å²) in [6.45, 7) is 0. The summed E-state index contributed by atoms with van der Waals surface area (Å²) >= 11 is 0. The van der Waals surface area contributed by atoms with E-state index in [-0.39, 0.29) is 35.3 Å². The second-order valence-corrected chi connectivity index (χ2v) is 1.60. The molecule has 0 saturated heterocycles. The van der Waals surface area contributed by atoms with Gasteiger partial charge >= 0.3 is 35.5 Å². The molecule has 52 valence electrons. The van der Waals surface area contributed by atoms with Crippen molar-refractivity contribution >= 4 is 5.97 Å². The fraction of sp³-hybridized carbons (Fsp3) is 0. The molecule has 0 radical (unpaired) electrons. The topological polar surface area (TPSA) is 83.0 Å². The van der Waals surface area contributed by atoms with Gasteiger partial charge in [-0.1, -0.05) is 0 Å². The van der Waals surface area contributed by atoms with Gasteiger partial charge < -0.3 is 10.1 Å². The SMILES string of the molecule is O=C(O)c1c[nH]c(=O)cn1.[Na+]. The van der Waals surface area contributed by atoms with Crippen molar-refractivity contribution in [2.24, 2.45) is 0 Å². The standard InChI is InChI=1S/C5H4N2O3.Na/c8-4-2-6-3(1-7-4)5(9)10;/h1-2H,(H,7,8)(H,9,10);/q;+1. The van der Waals surface area contributed by atoms with Crippen LogP contribution in [0.2, 0.25) is 0 Å². The zero-order valence-electron chi connectivity index (χ0n) is 5.87. The first kappa shape index (κ1) is 10.3. The normalized spacial score (nSPS) is 8.36. The molecule has 2 N–H and O–H groups in total. The number of hydrogen-bond donors (Lipinski definition) is 2. The van der Waals surface area contributed by atoms with E-state index in [1.54, 1.807) is 0 Å². The number of carboxylic acid groups (broad SMARTS) is 1. The van der Waals surface area contributed by atoms with Crippen LogP contribution < -0.4 is 35.1 Å². The zero-order valence-corrected chi connectivity index (χ0v) is 7.87. The van der Waals surface area contributed by atoms with Crippen molar-refractivity contribution in [3.05, 3.63) is 28.4 Å². The van der Waals surface area contributed by atoms with Crippen LogP contribution in [0.3, 0.4) is 0 Å². The minimum Gasteiger partial charge on any atom is -0.476 e. The number of carboxylic acids is 1. The molecular weight excluding hydrogens is 159 g/mol. The second kappa shape index (κ2) is 4.27. The fourth-order valence-corrected chi connectivity index (χ4v) is 0.459. The van der Waals surface area contributed by atoms with Gasteiger partial charge in [-0.2, -0.15) is 0 Å². The Kier molecular flexibility index (Phi) is 4.02. The summed E-state index contributed by atoms with van der Waals surface area (Å²) in [6.07, 6.45) is 1.97. The Balaban J connectivity index is 0.000001000. The Hall–Kier alpha value is -0.650. The maximum Gasteiger partial charge on any atom is 1.00 e. The van der Waals surface area contributed by atoms with E-state index in [9.17, 15) is 9.59 Å². The maximum absolute atomic E-state index is 10.3. The number of nitrogens with zero attached hydrogens (tertiary/aromatic N) is 1. The van der Waals surface area contributed by atoms with Gasteiger partial charge in [0.2, 0.25) is 0 Å². The average Bonchev–Trinajstić information content (AvgIpc) is 1.88. The molecule has 0 fully saturated rings. The molecule has 0 bridgehead atoms. The van der Waals surface area contributed by atoms with Gasteiger partial charge in [0, 0.05) is 6.20 Å². The number of nitrogens with one attached hydrogen (secondary N) is 1. The minimum absolute atomic E-state index is 0. The summed E-state index contributed by atoms with van der Waals surface area (Å²) in [4.78, 5) is 26.0. The van der Waals surface area contributed by atoms with Gasteiger partial charge in [0.15, 0.2) is 5.69 Å². The van der Waals surface area contributed by atoms with Crippen molar-refractivity contribution in [2.75, 3.05) is 0 Å². The van der Waals surface area contributed by atoms with Crippen LogP contribution in [0.5, 0.6) is 0 Å². The summed E-state index contributed by atoms with van der Waals surface area (Å²) in [6, 6.07) is 0. The number of hydrogen-bond acceptors (Lipinski definition) is 3. The molecular formula is C5H4N2NaO3+. The molecule has 0 atom stereocenters. The van der Waals surface area contributed by atoms with Crippen LogP contribution in [0.15, 0.2) is 17.2 Å². The van der Waals surface area contributed by atoms with Crippen LogP contribution >= 0.6 is 0 Å². The molecule has 0 saturated carbocycles. The molecule has 0 aromatic carbocycles. The number of aromatic carboxylic acids is 1. The number of aromatic nitrogens is 2. The van der Waals surface area contributed by atoms with Crippen molar-refractivity contribution in [2.45, 2.75) is 0 Å². The number of rotatable bonds is 1. The van der Waals surface area contributed by atoms with E-state index in [4.69, 9.17) is 5.11 Å². The molecule has 1 rings (SSSR count). The van der Waals surface area contributed by atoms with Crippen molar-refractivity contribution < 1.29 is 39.5 Å². The van der Waals surface area contributed by atoms with E-state index in [0.29, 0.717) is 0 Å². The van der Waals surface area contributed by atoms with Crippen molar-refractivity contribution in [1.82, 2.24) is 9.97 Å². The smallest absolute Gasteiger partial charge is 0.476 e. The summed E-state index contributed by atoms with van der Waals surface area (Å²) in [5, 5.41) is 8.29. The van der Waals surface area contributed by atoms with E-state index in [1.807, 2.05) is 0 Å². The van der Waals surface area contributed by atoms with E-state index in [0.717, 1.165) is 12.4 Å². The molecule has 11 heavy (non-hydrogen) atoms. The van der Waals surface area contributed by atoms with Gasteiger partial charge in [0.1, 0.15) is 0 Å². The fourth-order valence-electron chi connectivity index (χ4n) is 0.459. The molecule has 0 unspecified atom stereocenters. The molecule has 0 spiro atoms. The number of aromatic amines is 1. The summed E-state index contributed by atoms with van der Waals surface area (Å²) in [5.41, 5.74) is -0.579. The van der Waals surface area contributed by atoms with Gasteiger partial charge in [0.25, 0.3) is 5.56 Å². The first-order chi connectivity index (χ1) is 4.70. The van der Waals surface area contributed by atoms with E-state index >= 15 is 0 Å². The largest absolute Gasteiger partial charge is 1.00 e. The van der Waals surface area contributed by atoms with Crippen LogP contribution in [0, 0.1) is 0 Å². The Bertz CT molecular complexity index is 288. The zero-order chi connectivity index (χ0) is 7.56. The predicted octanol–water partition coefficient (Wildman–Crippen LogP) is -3.53. The van der Waals surface area contributed by atoms with Gasteiger partial charge in [-0.25, -0.2) is 9.78 Å². The van der Waals surface area contributed by atoms with Crippen LogP contribution in [-0.2, 0) is 0 Å². The minimum atomic E-state index is -1.16. The first-order valence-corrected chi connectivity index (χ1v) is 2.48. The van der Waals surface area contributed by atoms with E-state index in [1.165, 1.54) is 0 Å². The maximum atomic E-state index is 10.3. The second-order valence-electron chi connectivity index (χ2n) is 1.60. The monoisotopic (exact) mass is 163 g/mol. The number of H-pyrrole nitrogens is 1. The molecule has 0 aliphatic heterocycles. The van der Waals surface area contributed by atoms with Gasteiger partial charge in [-0.15, -0.1) is 0 Å². The van der Waals surface area contributed by atoms with Crippen molar-refractivity contribution in [3.63, 3.8) is 0 Å². The third-order valence-electron chi connectivity index (χ3n) is 0.891. The van der Waals surface area contributed by atoms with Crippen LogP contribution in [0.25, 0.3) is 0 Å². The quantitative estimate of drug-likeness (QED) is 0.420. The van der Waals surface area contributed by atoms with Crippen LogP contribution in [0.4, 0.5) is 0 Å². The van der Waals surface area contributed by atoms with E-state index in [2.05, 4.69) is 9.97 Å². The molecule has 1 aromatic heterocycles. The summed E-state index contributed by atoms with van der Waals surface area (Å²) < 4.78 is 0. The molecule has 5 nitrogen and oxygen atoms in total. The third-order valence-corrected chi connectivity index (χ3v) is 0.891. The van der Waals surface area contributed by atoms with Crippen molar-refractivity contribution in [1.29, 1.82) is 0 Å². The Morgan fingerprint density at radius 1 is 1.64 bits per heavy atom. The molecule has 0 aliphatic rings. The molecule has 0 aliphatic carbocycles. The summed E-state index contributed by atoms with van der Waals surface area (Å²) in [7, 11) is 0. The molecule has 6 heteroatoms. The van der Waals surface area contributed by atoms with Crippen molar-refractivity contribution in [3.8, 4) is 0 Å². The molecule has 1 aromatic rings. The first-order valence-electron chi connectivity index (χ1n) is 2.48. The Morgan fingerprint density at radius 3 is 2.64 bits per heavy atom. The Morgan fingerprint density at radius 2 is 2.27 bits per heavy atom. The average molecular weight is 163 g/mol. The Labute approximate surface area is 83.8 Å². The van der Waals surface area contributed by atoms with Crippen LogP contribution in [0.1, 0.15) is 10.5 Å². The summed E-state index contributed by atoms with van der Waals surface area (Å²) in [5.74, 6) is -1.16. The van der Waals surface area contributed by atoms with Gasteiger partial charge in [0.05, 0.1) is 6.20 Å². The molecule has 1 heterocycles. The third kappa shape index (κ3) is 2.83. The van der Waals surface area contributed by atoms with E-state index < -0.39 is 11.5 Å². The van der Waals surface area contributed by atoms with Gasteiger partial charge in [-0.05, 0) is 0 Å². The van der Waals surface area contributed by atoms with Crippen LogP contribution in [-0.4, -0.2) is 21.0 Å². The molecule has 0 amide bonds. The van der Waals surface area contributed by atoms with Gasteiger partial charge in [-0.3, -0.25) is 4.79 Å². The number of carbonyl (C=O) groups is 1.